The molecule has 22 heavy (non-hydrogen) atoms. The van der Waals surface area contributed by atoms with Gasteiger partial charge in [0.15, 0.2) is 0 Å². The van der Waals surface area contributed by atoms with Crippen LogP contribution in [0.5, 0.6) is 5.75 Å². The summed E-state index contributed by atoms with van der Waals surface area (Å²) in [6.07, 6.45) is 1.79. The number of methoxy groups -OCH3 is 1. The third-order valence-electron chi connectivity index (χ3n) is 3.73. The molecule has 0 radical (unpaired) electrons. The van der Waals surface area contributed by atoms with E-state index in [9.17, 15) is 4.79 Å². The van der Waals surface area contributed by atoms with E-state index in [1.165, 1.54) is 0 Å². The molecule has 0 bridgehead atoms. The lowest BCUT2D eigenvalue weighted by Crippen LogP contribution is -2.19. The molecular weight excluding hydrogens is 278 g/mol. The fourth-order valence-electron chi connectivity index (χ4n) is 2.42. The molecule has 112 valence electrons. The van der Waals surface area contributed by atoms with Crippen LogP contribution < -0.4 is 10.4 Å². The van der Waals surface area contributed by atoms with Gasteiger partial charge in [-0.25, -0.2) is 4.79 Å². The Labute approximate surface area is 128 Å². The number of aliphatic imine (C=N–C) groups is 1. The number of hydrogen-bond acceptors (Lipinski definition) is 3. The van der Waals surface area contributed by atoms with Crippen LogP contribution in [0.25, 0.3) is 11.0 Å². The molecule has 0 fully saturated rings. The monoisotopic (exact) mass is 295 g/mol. The maximum absolute atomic E-state index is 11.9. The number of benzene rings is 2. The summed E-state index contributed by atoms with van der Waals surface area (Å²) in [5, 5.41) is 0. The first-order valence-electron chi connectivity index (χ1n) is 6.94. The van der Waals surface area contributed by atoms with Crippen molar-refractivity contribution in [3.63, 3.8) is 0 Å². The molecule has 1 aromatic heterocycles. The molecule has 0 saturated heterocycles. The van der Waals surface area contributed by atoms with Crippen molar-refractivity contribution in [3.05, 3.63) is 58.5 Å². The number of hydrogen-bond donors (Lipinski definition) is 0. The second-order valence-corrected chi connectivity index (χ2v) is 5.10. The molecule has 0 unspecified atom stereocenters. The molecule has 0 saturated carbocycles. The fourth-order valence-corrected chi connectivity index (χ4v) is 2.42. The van der Waals surface area contributed by atoms with Crippen molar-refractivity contribution >= 4 is 22.9 Å². The average molecular weight is 295 g/mol. The Morgan fingerprint density at radius 2 is 1.68 bits per heavy atom. The minimum Gasteiger partial charge on any atom is -0.497 e. The lowest BCUT2D eigenvalue weighted by molar-refractivity contribution is 0.415. The van der Waals surface area contributed by atoms with Crippen molar-refractivity contribution in [3.8, 4) is 5.75 Å². The standard InChI is InChI=1S/C17H17N3O2/c1-19-15-9-4-12(10-16(15)20(2)17(19)21)11-18-13-5-7-14(22-3)8-6-13/h4-11H,1-3H3. The number of nitrogens with zero attached hydrogens (tertiary/aromatic N) is 3. The van der Waals surface area contributed by atoms with Gasteiger partial charge in [0.2, 0.25) is 0 Å². The van der Waals surface area contributed by atoms with E-state index in [1.807, 2.05) is 42.5 Å². The molecule has 0 spiro atoms. The van der Waals surface area contributed by atoms with Crippen LogP contribution in [-0.2, 0) is 14.1 Å². The molecule has 3 aromatic rings. The molecule has 0 aliphatic carbocycles. The van der Waals surface area contributed by atoms with Crippen molar-refractivity contribution in [2.45, 2.75) is 0 Å². The smallest absolute Gasteiger partial charge is 0.328 e. The van der Waals surface area contributed by atoms with Crippen LogP contribution in [0.2, 0.25) is 0 Å². The van der Waals surface area contributed by atoms with Crippen molar-refractivity contribution in [2.24, 2.45) is 19.1 Å². The Morgan fingerprint density at radius 3 is 2.36 bits per heavy atom. The van der Waals surface area contributed by atoms with Gasteiger partial charge < -0.3 is 4.74 Å². The highest BCUT2D eigenvalue weighted by molar-refractivity contribution is 5.88. The van der Waals surface area contributed by atoms with Gasteiger partial charge in [0.1, 0.15) is 5.75 Å². The van der Waals surface area contributed by atoms with E-state index < -0.39 is 0 Å². The summed E-state index contributed by atoms with van der Waals surface area (Å²) in [6, 6.07) is 13.4. The van der Waals surface area contributed by atoms with Gasteiger partial charge in [-0.05, 0) is 42.0 Å². The van der Waals surface area contributed by atoms with Crippen LogP contribution >= 0.6 is 0 Å². The molecule has 5 nitrogen and oxygen atoms in total. The number of fused-ring (bicyclic) bond motifs is 1. The van der Waals surface area contributed by atoms with Crippen LogP contribution in [-0.4, -0.2) is 22.5 Å². The Hall–Kier alpha value is -2.82. The number of aromatic nitrogens is 2. The highest BCUT2D eigenvalue weighted by atomic mass is 16.5. The molecule has 2 aromatic carbocycles. The van der Waals surface area contributed by atoms with Gasteiger partial charge in [0.05, 0.1) is 23.8 Å². The zero-order valence-corrected chi connectivity index (χ0v) is 12.8. The van der Waals surface area contributed by atoms with Crippen molar-refractivity contribution in [2.75, 3.05) is 7.11 Å². The number of ether oxygens (including phenoxy) is 1. The van der Waals surface area contributed by atoms with E-state index in [0.717, 1.165) is 28.0 Å². The van der Waals surface area contributed by atoms with Gasteiger partial charge in [-0.1, -0.05) is 6.07 Å². The maximum Gasteiger partial charge on any atom is 0.328 e. The normalized spacial score (nSPS) is 11.4. The first kappa shape index (κ1) is 14.1. The van der Waals surface area contributed by atoms with Crippen molar-refractivity contribution < 1.29 is 4.74 Å². The van der Waals surface area contributed by atoms with Crippen LogP contribution in [0.1, 0.15) is 5.56 Å². The Balaban J connectivity index is 1.94. The quantitative estimate of drug-likeness (QED) is 0.697. The van der Waals surface area contributed by atoms with Crippen molar-refractivity contribution in [1.82, 2.24) is 9.13 Å². The molecule has 0 aliphatic rings. The first-order valence-corrected chi connectivity index (χ1v) is 6.94. The van der Waals surface area contributed by atoms with Gasteiger partial charge in [0, 0.05) is 20.3 Å². The Kier molecular flexibility index (Phi) is 3.55. The topological polar surface area (TPSA) is 48.5 Å². The van der Waals surface area contributed by atoms with E-state index in [2.05, 4.69) is 4.99 Å². The van der Waals surface area contributed by atoms with Crippen LogP contribution in [0.3, 0.4) is 0 Å². The predicted octanol–water partition coefficient (Wildman–Crippen LogP) is 2.64. The summed E-state index contributed by atoms with van der Waals surface area (Å²) >= 11 is 0. The van der Waals surface area contributed by atoms with E-state index in [0.29, 0.717) is 0 Å². The number of aryl methyl sites for hydroxylation is 2. The Morgan fingerprint density at radius 1 is 1.00 bits per heavy atom. The van der Waals surface area contributed by atoms with Gasteiger partial charge >= 0.3 is 5.69 Å². The molecule has 0 aliphatic heterocycles. The average Bonchev–Trinajstić information content (AvgIpc) is 2.78. The zero-order chi connectivity index (χ0) is 15.7. The molecule has 0 amide bonds. The largest absolute Gasteiger partial charge is 0.497 e. The minimum atomic E-state index is -0.0285. The third kappa shape index (κ3) is 2.41. The first-order chi connectivity index (χ1) is 10.6. The second-order valence-electron chi connectivity index (χ2n) is 5.10. The van der Waals surface area contributed by atoms with Crippen LogP contribution in [0, 0.1) is 0 Å². The molecule has 3 rings (SSSR count). The minimum absolute atomic E-state index is 0.0285. The molecule has 5 heteroatoms. The summed E-state index contributed by atoms with van der Waals surface area (Å²) < 4.78 is 8.40. The summed E-state index contributed by atoms with van der Waals surface area (Å²) in [6.45, 7) is 0. The van der Waals surface area contributed by atoms with Crippen LogP contribution in [0.15, 0.2) is 52.3 Å². The van der Waals surface area contributed by atoms with Crippen molar-refractivity contribution in [1.29, 1.82) is 0 Å². The van der Waals surface area contributed by atoms with E-state index in [-0.39, 0.29) is 5.69 Å². The lowest BCUT2D eigenvalue weighted by atomic mass is 10.2. The molecule has 0 N–H and O–H groups in total. The summed E-state index contributed by atoms with van der Waals surface area (Å²) in [5.74, 6) is 0.805. The van der Waals surface area contributed by atoms with Gasteiger partial charge in [-0.2, -0.15) is 0 Å². The van der Waals surface area contributed by atoms with Gasteiger partial charge in [0.25, 0.3) is 0 Å². The maximum atomic E-state index is 11.9. The molecule has 0 atom stereocenters. The molecular formula is C17H17N3O2. The summed E-state index contributed by atoms with van der Waals surface area (Å²) in [5.41, 5.74) is 3.58. The number of rotatable bonds is 3. The van der Waals surface area contributed by atoms with Gasteiger partial charge in [-0.3, -0.25) is 14.1 Å². The predicted molar refractivity (Wildman–Crippen MR) is 88.4 cm³/mol. The summed E-state index contributed by atoms with van der Waals surface area (Å²) in [4.78, 5) is 16.4. The SMILES string of the molecule is COc1ccc(N=Cc2ccc3c(c2)n(C)c(=O)n3C)cc1. The zero-order valence-electron chi connectivity index (χ0n) is 12.8. The van der Waals surface area contributed by atoms with Gasteiger partial charge in [-0.15, -0.1) is 0 Å². The highest BCUT2D eigenvalue weighted by Gasteiger charge is 2.07. The third-order valence-corrected chi connectivity index (χ3v) is 3.73. The fraction of sp³-hybridized carbons (Fsp3) is 0.176. The Bertz CT molecular complexity index is 902. The van der Waals surface area contributed by atoms with E-state index >= 15 is 0 Å². The number of imidazole rings is 1. The molecule has 1 heterocycles. The highest BCUT2D eigenvalue weighted by Crippen LogP contribution is 2.18. The van der Waals surface area contributed by atoms with E-state index in [1.54, 1.807) is 36.6 Å². The van der Waals surface area contributed by atoms with E-state index in [4.69, 9.17) is 4.74 Å². The lowest BCUT2D eigenvalue weighted by Gasteiger charge is -2.00. The second kappa shape index (κ2) is 5.52. The summed E-state index contributed by atoms with van der Waals surface area (Å²) in [7, 11) is 5.18. The van der Waals surface area contributed by atoms with Crippen LogP contribution in [0.4, 0.5) is 5.69 Å².